The first-order valence-electron chi connectivity index (χ1n) is 7.99. The Morgan fingerprint density at radius 1 is 0.800 bits per heavy atom. The monoisotopic (exact) mass is 337 g/mol. The van der Waals surface area contributed by atoms with Gasteiger partial charge in [-0.2, -0.15) is 0 Å². The van der Waals surface area contributed by atoms with Gasteiger partial charge in [0.25, 0.3) is 5.91 Å². The minimum absolute atomic E-state index is 0.0806. The van der Waals surface area contributed by atoms with E-state index in [2.05, 4.69) is 5.32 Å². The number of halogens is 2. The lowest BCUT2D eigenvalue weighted by Gasteiger charge is -2.19. The van der Waals surface area contributed by atoms with Crippen molar-refractivity contribution < 1.29 is 13.6 Å². The van der Waals surface area contributed by atoms with Crippen molar-refractivity contribution in [1.29, 1.82) is 0 Å². The Hall–Kier alpha value is -3.01. The number of carbonyl (C=O) groups is 1. The van der Waals surface area contributed by atoms with Gasteiger partial charge in [-0.05, 0) is 23.3 Å². The minimum atomic E-state index is -1.13. The van der Waals surface area contributed by atoms with Crippen molar-refractivity contribution in [3.63, 3.8) is 0 Å². The number of carbonyl (C=O) groups excluding carboxylic acids is 1. The molecular weight excluding hydrogens is 320 g/mol. The van der Waals surface area contributed by atoms with Gasteiger partial charge in [-0.1, -0.05) is 66.7 Å². The fourth-order valence-corrected chi connectivity index (χ4v) is 2.77. The molecule has 0 aliphatic rings. The Morgan fingerprint density at radius 3 is 1.92 bits per heavy atom. The van der Waals surface area contributed by atoms with Crippen LogP contribution in [0.1, 0.15) is 27.4 Å². The highest BCUT2D eigenvalue weighted by Crippen LogP contribution is 2.24. The largest absolute Gasteiger partial charge is 0.351 e. The molecule has 4 heteroatoms. The summed E-state index contributed by atoms with van der Waals surface area (Å²) in [5.74, 6) is -2.87. The molecule has 0 bridgehead atoms. The van der Waals surface area contributed by atoms with Crippen LogP contribution >= 0.6 is 0 Å². The molecule has 3 rings (SSSR count). The van der Waals surface area contributed by atoms with Crippen molar-refractivity contribution in [3.05, 3.63) is 107 Å². The van der Waals surface area contributed by atoms with Crippen LogP contribution in [0, 0.1) is 11.6 Å². The summed E-state index contributed by atoms with van der Waals surface area (Å²) in [6.07, 6.45) is 0. The fourth-order valence-electron chi connectivity index (χ4n) is 2.77. The summed E-state index contributed by atoms with van der Waals surface area (Å²) >= 11 is 0. The van der Waals surface area contributed by atoms with Crippen molar-refractivity contribution in [1.82, 2.24) is 5.32 Å². The predicted octanol–water partition coefficient (Wildman–Crippen LogP) is 4.53. The van der Waals surface area contributed by atoms with Gasteiger partial charge < -0.3 is 5.32 Å². The van der Waals surface area contributed by atoms with Crippen LogP contribution in [0.3, 0.4) is 0 Å². The summed E-state index contributed by atoms with van der Waals surface area (Å²) in [7, 11) is 0. The molecule has 0 saturated carbocycles. The second-order valence-electron chi connectivity index (χ2n) is 5.69. The quantitative estimate of drug-likeness (QED) is 0.728. The van der Waals surface area contributed by atoms with Crippen molar-refractivity contribution >= 4 is 5.91 Å². The molecule has 3 aromatic carbocycles. The van der Waals surface area contributed by atoms with Crippen molar-refractivity contribution in [2.75, 3.05) is 6.54 Å². The molecule has 1 amide bonds. The second kappa shape index (κ2) is 7.71. The third-order valence-electron chi connectivity index (χ3n) is 4.07. The maximum atomic E-state index is 13.8. The molecule has 0 spiro atoms. The smallest absolute Gasteiger partial charge is 0.254 e. The number of hydrogen-bond acceptors (Lipinski definition) is 1. The topological polar surface area (TPSA) is 29.1 Å². The van der Waals surface area contributed by atoms with E-state index in [-0.39, 0.29) is 18.0 Å². The van der Waals surface area contributed by atoms with Gasteiger partial charge in [-0.15, -0.1) is 0 Å². The third kappa shape index (κ3) is 3.91. The molecular formula is C21H17F2NO. The van der Waals surface area contributed by atoms with Crippen LogP contribution in [0.15, 0.2) is 78.9 Å². The van der Waals surface area contributed by atoms with Gasteiger partial charge in [0.2, 0.25) is 0 Å². The molecule has 0 radical (unpaired) electrons. The van der Waals surface area contributed by atoms with E-state index < -0.39 is 17.5 Å². The summed E-state index contributed by atoms with van der Waals surface area (Å²) < 4.78 is 27.1. The molecule has 0 aromatic heterocycles. The zero-order chi connectivity index (χ0) is 17.6. The number of rotatable bonds is 5. The summed E-state index contributed by atoms with van der Waals surface area (Å²) in [6, 6.07) is 23.1. The van der Waals surface area contributed by atoms with Crippen molar-refractivity contribution in [2.45, 2.75) is 5.92 Å². The molecule has 25 heavy (non-hydrogen) atoms. The highest BCUT2D eigenvalue weighted by Gasteiger charge is 2.18. The van der Waals surface area contributed by atoms with Crippen LogP contribution < -0.4 is 5.32 Å². The zero-order valence-corrected chi connectivity index (χ0v) is 13.5. The molecule has 0 heterocycles. The first-order valence-corrected chi connectivity index (χ1v) is 7.99. The van der Waals surface area contributed by atoms with E-state index in [0.29, 0.717) is 0 Å². The van der Waals surface area contributed by atoms with Crippen molar-refractivity contribution in [3.8, 4) is 0 Å². The Bertz CT molecular complexity index is 811. The highest BCUT2D eigenvalue weighted by atomic mass is 19.2. The SMILES string of the molecule is O=C(NCC(c1ccccc1)c1ccccc1)c1cccc(F)c1F. The molecule has 1 N–H and O–H groups in total. The predicted molar refractivity (Wildman–Crippen MR) is 93.4 cm³/mol. The van der Waals surface area contributed by atoms with Crippen molar-refractivity contribution in [2.24, 2.45) is 0 Å². The van der Waals surface area contributed by atoms with E-state index in [1.54, 1.807) is 0 Å². The molecule has 0 saturated heterocycles. The normalized spacial score (nSPS) is 10.7. The Labute approximate surface area is 145 Å². The first kappa shape index (κ1) is 16.8. The zero-order valence-electron chi connectivity index (χ0n) is 13.5. The number of amides is 1. The average molecular weight is 337 g/mol. The molecule has 0 fully saturated rings. The molecule has 2 nitrogen and oxygen atoms in total. The maximum Gasteiger partial charge on any atom is 0.254 e. The average Bonchev–Trinajstić information content (AvgIpc) is 2.66. The Kier molecular flexibility index (Phi) is 5.19. The lowest BCUT2D eigenvalue weighted by atomic mass is 9.91. The van der Waals surface area contributed by atoms with Crippen LogP contribution in [0.2, 0.25) is 0 Å². The van der Waals surface area contributed by atoms with Gasteiger partial charge in [-0.3, -0.25) is 4.79 Å². The number of nitrogens with one attached hydrogen (secondary N) is 1. The summed E-state index contributed by atoms with van der Waals surface area (Å²) in [4.78, 5) is 12.3. The van der Waals surface area contributed by atoms with Gasteiger partial charge in [0.1, 0.15) is 0 Å². The fraction of sp³-hybridized carbons (Fsp3) is 0.0952. The molecule has 3 aromatic rings. The molecule has 126 valence electrons. The van der Waals surface area contributed by atoms with Gasteiger partial charge in [0.15, 0.2) is 11.6 Å². The highest BCUT2D eigenvalue weighted by molar-refractivity contribution is 5.94. The van der Waals surface area contributed by atoms with E-state index in [9.17, 15) is 13.6 Å². The van der Waals surface area contributed by atoms with E-state index >= 15 is 0 Å². The third-order valence-corrected chi connectivity index (χ3v) is 4.07. The van der Waals surface area contributed by atoms with Crippen LogP contribution in [-0.4, -0.2) is 12.5 Å². The number of benzene rings is 3. The van der Waals surface area contributed by atoms with Gasteiger partial charge >= 0.3 is 0 Å². The van der Waals surface area contributed by atoms with E-state index in [4.69, 9.17) is 0 Å². The first-order chi connectivity index (χ1) is 12.2. The summed E-state index contributed by atoms with van der Waals surface area (Å²) in [6.45, 7) is 0.281. The molecule has 0 atom stereocenters. The maximum absolute atomic E-state index is 13.8. The molecule has 0 aliphatic carbocycles. The van der Waals surface area contributed by atoms with Gasteiger partial charge in [-0.25, -0.2) is 8.78 Å². The van der Waals surface area contributed by atoms with Crippen LogP contribution in [-0.2, 0) is 0 Å². The van der Waals surface area contributed by atoms with Crippen LogP contribution in [0.5, 0.6) is 0 Å². The van der Waals surface area contributed by atoms with E-state index in [1.165, 1.54) is 12.1 Å². The van der Waals surface area contributed by atoms with Crippen LogP contribution in [0.25, 0.3) is 0 Å². The summed E-state index contributed by atoms with van der Waals surface area (Å²) in [5.41, 5.74) is 1.78. The van der Waals surface area contributed by atoms with Gasteiger partial charge in [0.05, 0.1) is 5.56 Å². The Morgan fingerprint density at radius 2 is 1.36 bits per heavy atom. The minimum Gasteiger partial charge on any atom is -0.351 e. The van der Waals surface area contributed by atoms with Crippen LogP contribution in [0.4, 0.5) is 8.78 Å². The summed E-state index contributed by atoms with van der Waals surface area (Å²) in [5, 5.41) is 2.72. The number of hydrogen-bond donors (Lipinski definition) is 1. The van der Waals surface area contributed by atoms with Gasteiger partial charge in [0, 0.05) is 12.5 Å². The molecule has 0 aliphatic heterocycles. The second-order valence-corrected chi connectivity index (χ2v) is 5.69. The lowest BCUT2D eigenvalue weighted by molar-refractivity contribution is 0.0947. The van der Waals surface area contributed by atoms with E-state index in [1.807, 2.05) is 60.7 Å². The van der Waals surface area contributed by atoms with E-state index in [0.717, 1.165) is 17.2 Å². The standard InChI is InChI=1S/C21H17F2NO/c22-19-13-7-12-17(20(19)23)21(25)24-14-18(15-8-3-1-4-9-15)16-10-5-2-6-11-16/h1-13,18H,14H2,(H,24,25). The lowest BCUT2D eigenvalue weighted by Crippen LogP contribution is -2.29. The Balaban J connectivity index is 1.82. The molecule has 0 unspecified atom stereocenters.